The van der Waals surface area contributed by atoms with Crippen LogP contribution in [0.2, 0.25) is 0 Å². The first-order valence-electron chi connectivity index (χ1n) is 6.05. The van der Waals surface area contributed by atoms with Crippen molar-refractivity contribution in [2.45, 2.75) is 54.9 Å². The first-order valence-corrected chi connectivity index (χ1v) is 6.05. The van der Waals surface area contributed by atoms with Gasteiger partial charge < -0.3 is 0 Å². The maximum absolute atomic E-state index is 2.45. The summed E-state index contributed by atoms with van der Waals surface area (Å²) in [5.74, 6) is 3.17. The van der Waals surface area contributed by atoms with Crippen molar-refractivity contribution in [3.8, 4) is 0 Å². The molecule has 0 nitrogen and oxygen atoms in total. The fourth-order valence-electron chi connectivity index (χ4n) is 2.07. The molecule has 0 rings (SSSR count). The predicted octanol–water partition coefficient (Wildman–Crippen LogP) is 4.91. The van der Waals surface area contributed by atoms with E-state index >= 15 is 0 Å². The molecule has 0 saturated heterocycles. The van der Waals surface area contributed by atoms with Crippen molar-refractivity contribution in [3.05, 3.63) is 11.6 Å². The molecule has 0 bridgehead atoms. The quantitative estimate of drug-likeness (QED) is 0.548. The van der Waals surface area contributed by atoms with Gasteiger partial charge in [0.05, 0.1) is 0 Å². The van der Waals surface area contributed by atoms with Crippen LogP contribution in [0.1, 0.15) is 54.9 Å². The van der Waals surface area contributed by atoms with Crippen LogP contribution in [0, 0.1) is 23.7 Å². The van der Waals surface area contributed by atoms with Gasteiger partial charge in [-0.3, -0.25) is 0 Å². The summed E-state index contributed by atoms with van der Waals surface area (Å²) >= 11 is 0. The largest absolute Gasteiger partial charge is 0.0825 e. The fourth-order valence-corrected chi connectivity index (χ4v) is 2.07. The van der Waals surface area contributed by atoms with Gasteiger partial charge in [0.1, 0.15) is 0 Å². The zero-order valence-electron chi connectivity index (χ0n) is 11.1. The van der Waals surface area contributed by atoms with Crippen molar-refractivity contribution < 1.29 is 0 Å². The summed E-state index contributed by atoms with van der Waals surface area (Å²) in [4.78, 5) is 0. The number of hydrogen-bond donors (Lipinski definition) is 0. The van der Waals surface area contributed by atoms with E-state index in [1.165, 1.54) is 12.0 Å². The van der Waals surface area contributed by atoms with Crippen LogP contribution in [-0.2, 0) is 0 Å². The summed E-state index contributed by atoms with van der Waals surface area (Å²) in [6, 6.07) is 0. The third-order valence-corrected chi connectivity index (χ3v) is 3.58. The number of allylic oxidation sites excluding steroid dienone is 2. The molecule has 0 aliphatic heterocycles. The van der Waals surface area contributed by atoms with Crippen molar-refractivity contribution in [2.24, 2.45) is 23.7 Å². The van der Waals surface area contributed by atoms with Crippen molar-refractivity contribution in [1.29, 1.82) is 0 Å². The molecule has 84 valence electrons. The Balaban J connectivity index is 4.45. The van der Waals surface area contributed by atoms with Gasteiger partial charge in [-0.2, -0.15) is 0 Å². The van der Waals surface area contributed by atoms with Gasteiger partial charge in [-0.05, 0) is 43.9 Å². The van der Waals surface area contributed by atoms with Crippen molar-refractivity contribution in [2.75, 3.05) is 0 Å². The highest BCUT2D eigenvalue weighted by atomic mass is 14.3. The van der Waals surface area contributed by atoms with Crippen molar-refractivity contribution >= 4 is 0 Å². The second-order valence-electron chi connectivity index (χ2n) is 5.28. The molecule has 3 unspecified atom stereocenters. The van der Waals surface area contributed by atoms with Gasteiger partial charge in [-0.15, -0.1) is 0 Å². The highest BCUT2D eigenvalue weighted by molar-refractivity contribution is 4.99. The maximum Gasteiger partial charge on any atom is -0.0205 e. The molecule has 0 N–H and O–H groups in total. The minimum absolute atomic E-state index is 0.761. The van der Waals surface area contributed by atoms with E-state index in [2.05, 4.69) is 54.5 Å². The molecule has 0 spiro atoms. The molecule has 0 heterocycles. The lowest BCUT2D eigenvalue weighted by Gasteiger charge is -2.29. The van der Waals surface area contributed by atoms with Crippen LogP contribution in [0.5, 0.6) is 0 Å². The molecule has 0 aromatic rings. The molecular weight excluding hydrogens is 168 g/mol. The zero-order valence-corrected chi connectivity index (χ0v) is 11.1. The highest BCUT2D eigenvalue weighted by Gasteiger charge is 2.21. The first kappa shape index (κ1) is 13.7. The maximum atomic E-state index is 2.45. The number of rotatable bonds is 5. The molecular formula is C14H28. The van der Waals surface area contributed by atoms with E-state index in [0.717, 1.165) is 23.7 Å². The van der Waals surface area contributed by atoms with Gasteiger partial charge in [-0.25, -0.2) is 0 Å². The lowest BCUT2D eigenvalue weighted by Crippen LogP contribution is -2.21. The standard InChI is InChI=1S/C14H28/c1-8-14(9-10(2)3)13(7)12(6)11(4)5/h9,11-14H,8H2,1-7H3. The molecule has 3 atom stereocenters. The van der Waals surface area contributed by atoms with Crippen LogP contribution in [0.15, 0.2) is 11.6 Å². The summed E-state index contributed by atoms with van der Waals surface area (Å²) in [7, 11) is 0. The zero-order chi connectivity index (χ0) is 11.3. The Hall–Kier alpha value is -0.260. The van der Waals surface area contributed by atoms with E-state index in [0.29, 0.717) is 0 Å². The van der Waals surface area contributed by atoms with Crippen LogP contribution in [0.25, 0.3) is 0 Å². The van der Waals surface area contributed by atoms with Gasteiger partial charge in [0.15, 0.2) is 0 Å². The topological polar surface area (TPSA) is 0 Å². The van der Waals surface area contributed by atoms with Gasteiger partial charge >= 0.3 is 0 Å². The molecule has 0 aromatic heterocycles. The Kier molecular flexibility index (Phi) is 6.15. The van der Waals surface area contributed by atoms with Crippen LogP contribution >= 0.6 is 0 Å². The minimum Gasteiger partial charge on any atom is -0.0825 e. The summed E-state index contributed by atoms with van der Waals surface area (Å²) in [6.45, 7) is 16.2. The Bertz CT molecular complexity index is 172. The monoisotopic (exact) mass is 196 g/mol. The number of hydrogen-bond acceptors (Lipinski definition) is 0. The van der Waals surface area contributed by atoms with Gasteiger partial charge in [0, 0.05) is 0 Å². The predicted molar refractivity (Wildman–Crippen MR) is 66.4 cm³/mol. The fraction of sp³-hybridized carbons (Fsp3) is 0.857. The molecule has 0 amide bonds. The second-order valence-corrected chi connectivity index (χ2v) is 5.28. The van der Waals surface area contributed by atoms with Crippen molar-refractivity contribution in [1.82, 2.24) is 0 Å². The van der Waals surface area contributed by atoms with Gasteiger partial charge in [0.2, 0.25) is 0 Å². The molecule has 0 aromatic carbocycles. The summed E-state index contributed by atoms with van der Waals surface area (Å²) < 4.78 is 0. The van der Waals surface area contributed by atoms with Crippen molar-refractivity contribution in [3.63, 3.8) is 0 Å². The third kappa shape index (κ3) is 4.30. The second kappa shape index (κ2) is 6.27. The first-order chi connectivity index (χ1) is 6.40. The summed E-state index contributed by atoms with van der Waals surface area (Å²) in [6.07, 6.45) is 3.72. The lowest BCUT2D eigenvalue weighted by molar-refractivity contribution is 0.236. The summed E-state index contributed by atoms with van der Waals surface area (Å²) in [5.41, 5.74) is 1.46. The SMILES string of the molecule is CCC(C=C(C)C)C(C)C(C)C(C)C. The molecule has 0 saturated carbocycles. The van der Waals surface area contributed by atoms with E-state index < -0.39 is 0 Å². The third-order valence-electron chi connectivity index (χ3n) is 3.58. The van der Waals surface area contributed by atoms with Gasteiger partial charge in [-0.1, -0.05) is 46.3 Å². The smallest absolute Gasteiger partial charge is 0.0205 e. The van der Waals surface area contributed by atoms with Gasteiger partial charge in [0.25, 0.3) is 0 Å². The lowest BCUT2D eigenvalue weighted by atomic mass is 9.77. The average molecular weight is 196 g/mol. The Morgan fingerprint density at radius 3 is 1.79 bits per heavy atom. The summed E-state index contributed by atoms with van der Waals surface area (Å²) in [5, 5.41) is 0. The van der Waals surface area contributed by atoms with E-state index in [9.17, 15) is 0 Å². The van der Waals surface area contributed by atoms with Crippen LogP contribution in [0.3, 0.4) is 0 Å². The molecule has 14 heavy (non-hydrogen) atoms. The average Bonchev–Trinajstić information content (AvgIpc) is 2.11. The van der Waals surface area contributed by atoms with Crippen LogP contribution in [-0.4, -0.2) is 0 Å². The van der Waals surface area contributed by atoms with E-state index in [1.54, 1.807) is 0 Å². The Labute approximate surface area is 90.8 Å². The van der Waals surface area contributed by atoms with E-state index in [4.69, 9.17) is 0 Å². The Morgan fingerprint density at radius 2 is 1.50 bits per heavy atom. The molecule has 0 aliphatic carbocycles. The Morgan fingerprint density at radius 1 is 1.00 bits per heavy atom. The molecule has 0 heteroatoms. The minimum atomic E-state index is 0.761. The normalized spacial score (nSPS) is 17.7. The molecule has 0 radical (unpaired) electrons. The molecule has 0 aliphatic rings. The van der Waals surface area contributed by atoms with Crippen LogP contribution in [0.4, 0.5) is 0 Å². The van der Waals surface area contributed by atoms with Crippen LogP contribution < -0.4 is 0 Å². The van der Waals surface area contributed by atoms with E-state index in [-0.39, 0.29) is 0 Å². The highest BCUT2D eigenvalue weighted by Crippen LogP contribution is 2.30. The molecule has 0 fully saturated rings. The van der Waals surface area contributed by atoms with E-state index in [1.807, 2.05) is 0 Å².